The summed E-state index contributed by atoms with van der Waals surface area (Å²) in [7, 11) is -3.58. The Hall–Kier alpha value is -1.45. The molecule has 23 heavy (non-hydrogen) atoms. The van der Waals surface area contributed by atoms with Crippen LogP contribution in [-0.2, 0) is 24.3 Å². The van der Waals surface area contributed by atoms with Gasteiger partial charge >= 0.3 is 5.97 Å². The van der Waals surface area contributed by atoms with Crippen LogP contribution in [0.15, 0.2) is 21.7 Å². The van der Waals surface area contributed by atoms with Crippen molar-refractivity contribution in [2.75, 3.05) is 19.6 Å². The number of sulfonamides is 1. The van der Waals surface area contributed by atoms with Crippen molar-refractivity contribution in [1.82, 2.24) is 9.62 Å². The van der Waals surface area contributed by atoms with Crippen molar-refractivity contribution in [2.24, 2.45) is 0 Å². The molecule has 128 valence electrons. The van der Waals surface area contributed by atoms with Gasteiger partial charge in [-0.3, -0.25) is 9.59 Å². The number of esters is 1. The normalized spacial score (nSPS) is 16.3. The molecule has 0 radical (unpaired) electrons. The highest BCUT2D eigenvalue weighted by atomic mass is 32.2. The quantitative estimate of drug-likeness (QED) is 0.732. The van der Waals surface area contributed by atoms with Crippen LogP contribution in [0.3, 0.4) is 0 Å². The maximum absolute atomic E-state index is 12.0. The molecule has 2 rings (SSSR count). The summed E-state index contributed by atoms with van der Waals surface area (Å²) in [5.41, 5.74) is 0. The zero-order valence-electron chi connectivity index (χ0n) is 12.9. The second-order valence-corrected chi connectivity index (χ2v) is 8.19. The molecule has 1 aromatic rings. The molecule has 0 aromatic carbocycles. The molecule has 0 saturated carbocycles. The summed E-state index contributed by atoms with van der Waals surface area (Å²) in [6.07, 6.45) is 0.977. The van der Waals surface area contributed by atoms with Gasteiger partial charge in [-0.15, -0.1) is 11.3 Å². The Morgan fingerprint density at radius 2 is 2.09 bits per heavy atom. The smallest absolute Gasteiger partial charge is 0.307 e. The highest BCUT2D eigenvalue weighted by Gasteiger charge is 2.26. The second-order valence-electron chi connectivity index (χ2n) is 5.24. The molecule has 1 aliphatic heterocycles. The molecule has 0 aliphatic carbocycles. The van der Waals surface area contributed by atoms with Gasteiger partial charge < -0.3 is 9.64 Å². The number of hydrogen-bond donors (Lipinski definition) is 1. The summed E-state index contributed by atoms with van der Waals surface area (Å²) in [5, 5.41) is 1.66. The molecule has 1 saturated heterocycles. The van der Waals surface area contributed by atoms with E-state index in [9.17, 15) is 18.0 Å². The summed E-state index contributed by atoms with van der Waals surface area (Å²) in [4.78, 5) is 25.4. The Bertz CT molecular complexity index is 636. The van der Waals surface area contributed by atoms with E-state index in [2.05, 4.69) is 4.72 Å². The number of likely N-dealkylation sites (tertiary alicyclic amines) is 1. The van der Waals surface area contributed by atoms with Crippen LogP contribution in [0.1, 0.15) is 26.2 Å². The molecular formula is C14H20N2O5S2. The standard InChI is InChI=1S/C14H20N2O5S2/c1-11(14(18)16-8-2-3-9-16)21-12(17)6-7-15-23(19,20)13-5-4-10-22-13/h4-5,10-11,15H,2-3,6-9H2,1H3. The van der Waals surface area contributed by atoms with Gasteiger partial charge in [-0.1, -0.05) is 6.07 Å². The van der Waals surface area contributed by atoms with Crippen molar-refractivity contribution in [3.8, 4) is 0 Å². The number of rotatable bonds is 7. The zero-order valence-corrected chi connectivity index (χ0v) is 14.5. The van der Waals surface area contributed by atoms with Crippen molar-refractivity contribution in [3.05, 3.63) is 17.5 Å². The number of ether oxygens (including phenoxy) is 1. The molecule has 1 N–H and O–H groups in total. The average Bonchev–Trinajstić information content (AvgIpc) is 3.19. The van der Waals surface area contributed by atoms with Crippen LogP contribution in [-0.4, -0.2) is 50.9 Å². The maximum atomic E-state index is 12.0. The minimum Gasteiger partial charge on any atom is -0.452 e. The molecule has 0 bridgehead atoms. The lowest BCUT2D eigenvalue weighted by atomic mass is 10.3. The number of carbonyl (C=O) groups excluding carboxylic acids is 2. The Morgan fingerprint density at radius 3 is 2.70 bits per heavy atom. The van der Waals surface area contributed by atoms with E-state index < -0.39 is 22.1 Å². The van der Waals surface area contributed by atoms with Crippen molar-refractivity contribution < 1.29 is 22.7 Å². The largest absolute Gasteiger partial charge is 0.452 e. The summed E-state index contributed by atoms with van der Waals surface area (Å²) >= 11 is 1.10. The molecule has 1 aliphatic rings. The fourth-order valence-corrected chi connectivity index (χ4v) is 4.35. The maximum Gasteiger partial charge on any atom is 0.307 e. The van der Waals surface area contributed by atoms with E-state index in [1.54, 1.807) is 16.3 Å². The van der Waals surface area contributed by atoms with Gasteiger partial charge in [0.2, 0.25) is 10.0 Å². The first-order chi connectivity index (χ1) is 10.9. The third kappa shape index (κ3) is 5.02. The van der Waals surface area contributed by atoms with Crippen LogP contribution < -0.4 is 4.72 Å². The lowest BCUT2D eigenvalue weighted by Gasteiger charge is -2.20. The van der Waals surface area contributed by atoms with Gasteiger partial charge in [-0.25, -0.2) is 13.1 Å². The van der Waals surface area contributed by atoms with E-state index in [4.69, 9.17) is 4.74 Å². The van der Waals surface area contributed by atoms with Crippen molar-refractivity contribution >= 4 is 33.2 Å². The van der Waals surface area contributed by atoms with Crippen LogP contribution in [0, 0.1) is 0 Å². The SMILES string of the molecule is CC(OC(=O)CCNS(=O)(=O)c1cccs1)C(=O)N1CCCC1. The summed E-state index contributed by atoms with van der Waals surface area (Å²) in [6.45, 7) is 2.86. The fourth-order valence-electron chi connectivity index (χ4n) is 2.28. The van der Waals surface area contributed by atoms with Crippen molar-refractivity contribution in [1.29, 1.82) is 0 Å². The Labute approximate surface area is 139 Å². The number of nitrogens with zero attached hydrogens (tertiary/aromatic N) is 1. The van der Waals surface area contributed by atoms with Crippen LogP contribution in [0.2, 0.25) is 0 Å². The van der Waals surface area contributed by atoms with Gasteiger partial charge in [0.25, 0.3) is 5.91 Å². The van der Waals surface area contributed by atoms with Gasteiger partial charge in [0.15, 0.2) is 6.10 Å². The molecule has 1 aromatic heterocycles. The lowest BCUT2D eigenvalue weighted by Crippen LogP contribution is -2.38. The molecular weight excluding hydrogens is 340 g/mol. The molecule has 1 atom stereocenters. The number of amides is 1. The first-order valence-corrected chi connectivity index (χ1v) is 9.78. The van der Waals surface area contributed by atoms with Crippen molar-refractivity contribution in [2.45, 2.75) is 36.5 Å². The predicted molar refractivity (Wildman–Crippen MR) is 85.5 cm³/mol. The average molecular weight is 360 g/mol. The second kappa shape index (κ2) is 7.89. The number of hydrogen-bond acceptors (Lipinski definition) is 6. The topological polar surface area (TPSA) is 92.8 Å². The summed E-state index contributed by atoms with van der Waals surface area (Å²) in [5.74, 6) is -0.797. The number of thiophene rings is 1. The van der Waals surface area contributed by atoms with E-state index in [0.717, 1.165) is 24.2 Å². The van der Waals surface area contributed by atoms with E-state index in [1.807, 2.05) is 0 Å². The molecule has 7 nitrogen and oxygen atoms in total. The zero-order chi connectivity index (χ0) is 16.9. The van der Waals surface area contributed by atoms with Gasteiger partial charge in [-0.2, -0.15) is 0 Å². The minimum absolute atomic E-state index is 0.0658. The van der Waals surface area contributed by atoms with Crippen LogP contribution >= 0.6 is 11.3 Å². The fraction of sp³-hybridized carbons (Fsp3) is 0.571. The van der Waals surface area contributed by atoms with Gasteiger partial charge in [0.1, 0.15) is 4.21 Å². The summed E-state index contributed by atoms with van der Waals surface area (Å²) < 4.78 is 31.3. The van der Waals surface area contributed by atoms with E-state index in [-0.39, 0.29) is 23.1 Å². The third-order valence-corrected chi connectivity index (χ3v) is 6.31. The van der Waals surface area contributed by atoms with E-state index in [1.165, 1.54) is 13.0 Å². The molecule has 9 heteroatoms. The van der Waals surface area contributed by atoms with E-state index >= 15 is 0 Å². The first-order valence-electron chi connectivity index (χ1n) is 7.41. The molecule has 1 amide bonds. The molecule has 0 spiro atoms. The highest BCUT2D eigenvalue weighted by molar-refractivity contribution is 7.91. The highest BCUT2D eigenvalue weighted by Crippen LogP contribution is 2.15. The molecule has 1 fully saturated rings. The Kier molecular flexibility index (Phi) is 6.14. The predicted octanol–water partition coefficient (Wildman–Crippen LogP) is 0.971. The first kappa shape index (κ1) is 17.9. The Morgan fingerprint density at radius 1 is 1.39 bits per heavy atom. The van der Waals surface area contributed by atoms with Gasteiger partial charge in [0.05, 0.1) is 6.42 Å². The molecule has 2 heterocycles. The van der Waals surface area contributed by atoms with Gasteiger partial charge in [-0.05, 0) is 31.2 Å². The monoisotopic (exact) mass is 360 g/mol. The third-order valence-electron chi connectivity index (χ3n) is 3.45. The minimum atomic E-state index is -3.58. The number of carbonyl (C=O) groups is 2. The lowest BCUT2D eigenvalue weighted by molar-refractivity contribution is -0.158. The van der Waals surface area contributed by atoms with Crippen LogP contribution in [0.4, 0.5) is 0 Å². The van der Waals surface area contributed by atoms with Crippen LogP contribution in [0.25, 0.3) is 0 Å². The van der Waals surface area contributed by atoms with Crippen molar-refractivity contribution in [3.63, 3.8) is 0 Å². The molecule has 1 unspecified atom stereocenters. The number of nitrogens with one attached hydrogen (secondary N) is 1. The van der Waals surface area contributed by atoms with Gasteiger partial charge in [0, 0.05) is 19.6 Å². The Balaban J connectivity index is 1.73. The van der Waals surface area contributed by atoms with E-state index in [0.29, 0.717) is 13.1 Å². The summed E-state index contributed by atoms with van der Waals surface area (Å²) in [6, 6.07) is 3.13. The van der Waals surface area contributed by atoms with Crippen LogP contribution in [0.5, 0.6) is 0 Å².